The number of hydrogen-bond donors (Lipinski definition) is 0. The Morgan fingerprint density at radius 1 is 1.47 bits per heavy atom. The molecule has 0 bridgehead atoms. The monoisotopic (exact) mass is 204 g/mol. The molecule has 0 radical (unpaired) electrons. The number of ether oxygens (including phenoxy) is 1. The van der Waals surface area contributed by atoms with Crippen LogP contribution in [0.2, 0.25) is 0 Å². The smallest absolute Gasteiger partial charge is 0.103 e. The molecule has 0 aliphatic carbocycles. The molecule has 0 aliphatic rings. The number of hydrogen-bond acceptors (Lipinski definition) is 3. The van der Waals surface area contributed by atoms with Crippen LogP contribution in [0.15, 0.2) is 30.8 Å². The van der Waals surface area contributed by atoms with Gasteiger partial charge in [0.2, 0.25) is 0 Å². The summed E-state index contributed by atoms with van der Waals surface area (Å²) in [5.74, 6) is 0. The molecule has 0 amide bonds. The highest BCUT2D eigenvalue weighted by Crippen LogP contribution is 2.11. The quantitative estimate of drug-likeness (QED) is 0.561. The molecule has 0 fully saturated rings. The van der Waals surface area contributed by atoms with E-state index in [4.69, 9.17) is 10.00 Å². The minimum Gasteiger partial charge on any atom is -0.500 e. The SMILES string of the molecule is CC.CCO/C=C(/C#N)c1ccncc1. The molecule has 0 aromatic carbocycles. The Morgan fingerprint density at radius 3 is 2.53 bits per heavy atom. The van der Waals surface area contributed by atoms with Gasteiger partial charge in [-0.25, -0.2) is 0 Å². The van der Waals surface area contributed by atoms with Crippen molar-refractivity contribution in [3.8, 4) is 6.07 Å². The topological polar surface area (TPSA) is 45.9 Å². The molecule has 0 N–H and O–H groups in total. The second-order valence-electron chi connectivity index (χ2n) is 2.33. The summed E-state index contributed by atoms with van der Waals surface area (Å²) in [7, 11) is 0. The zero-order valence-electron chi connectivity index (χ0n) is 9.40. The molecule has 0 atom stereocenters. The third-order valence-electron chi connectivity index (χ3n) is 1.48. The van der Waals surface area contributed by atoms with Crippen LogP contribution in [0.25, 0.3) is 5.57 Å². The third kappa shape index (κ3) is 4.82. The third-order valence-corrected chi connectivity index (χ3v) is 1.48. The van der Waals surface area contributed by atoms with Crippen molar-refractivity contribution in [1.29, 1.82) is 5.26 Å². The molecule has 1 aromatic rings. The molecule has 3 heteroatoms. The van der Waals surface area contributed by atoms with Crippen molar-refractivity contribution in [2.45, 2.75) is 20.8 Å². The Kier molecular flexibility index (Phi) is 7.70. The Bertz CT molecular complexity index is 325. The van der Waals surface area contributed by atoms with E-state index in [1.165, 1.54) is 6.26 Å². The molecule has 1 heterocycles. The summed E-state index contributed by atoms with van der Waals surface area (Å²) in [6.45, 7) is 6.44. The van der Waals surface area contributed by atoms with Gasteiger partial charge in [-0.2, -0.15) is 5.26 Å². The van der Waals surface area contributed by atoms with Crippen molar-refractivity contribution in [1.82, 2.24) is 4.98 Å². The van der Waals surface area contributed by atoms with Crippen LogP contribution in [0, 0.1) is 11.3 Å². The van der Waals surface area contributed by atoms with Crippen LogP contribution in [0.3, 0.4) is 0 Å². The molecular weight excluding hydrogens is 188 g/mol. The van der Waals surface area contributed by atoms with E-state index in [9.17, 15) is 0 Å². The summed E-state index contributed by atoms with van der Waals surface area (Å²) in [5.41, 5.74) is 1.34. The van der Waals surface area contributed by atoms with Crippen molar-refractivity contribution in [3.05, 3.63) is 36.4 Å². The second-order valence-corrected chi connectivity index (χ2v) is 2.33. The van der Waals surface area contributed by atoms with Crippen molar-refractivity contribution in [3.63, 3.8) is 0 Å². The molecule has 0 unspecified atom stereocenters. The first-order valence-corrected chi connectivity index (χ1v) is 5.00. The molecule has 80 valence electrons. The molecule has 0 saturated carbocycles. The zero-order valence-corrected chi connectivity index (χ0v) is 9.40. The highest BCUT2D eigenvalue weighted by Gasteiger charge is 1.98. The fraction of sp³-hybridized carbons (Fsp3) is 0.333. The van der Waals surface area contributed by atoms with Crippen LogP contribution in [-0.4, -0.2) is 11.6 Å². The average Bonchev–Trinajstić information content (AvgIpc) is 2.34. The molecule has 15 heavy (non-hydrogen) atoms. The van der Waals surface area contributed by atoms with Gasteiger partial charge in [-0.1, -0.05) is 13.8 Å². The summed E-state index contributed by atoms with van der Waals surface area (Å²) in [5, 5.41) is 8.79. The lowest BCUT2D eigenvalue weighted by Gasteiger charge is -1.98. The lowest BCUT2D eigenvalue weighted by atomic mass is 10.1. The normalized spacial score (nSPS) is 9.60. The second kappa shape index (κ2) is 8.76. The van der Waals surface area contributed by atoms with Gasteiger partial charge >= 0.3 is 0 Å². The maximum atomic E-state index is 8.79. The summed E-state index contributed by atoms with van der Waals surface area (Å²) in [6.07, 6.45) is 4.76. The minimum atomic E-state index is 0.518. The highest BCUT2D eigenvalue weighted by atomic mass is 16.5. The molecule has 0 aliphatic heterocycles. The maximum absolute atomic E-state index is 8.79. The predicted molar refractivity (Wildman–Crippen MR) is 60.8 cm³/mol. The average molecular weight is 204 g/mol. The zero-order chi connectivity index (χ0) is 11.5. The summed E-state index contributed by atoms with van der Waals surface area (Å²) >= 11 is 0. The van der Waals surface area contributed by atoms with Gasteiger partial charge in [-0.3, -0.25) is 4.98 Å². The van der Waals surface area contributed by atoms with Crippen molar-refractivity contribution in [2.75, 3.05) is 6.61 Å². The number of allylic oxidation sites excluding steroid dienone is 1. The van der Waals surface area contributed by atoms with E-state index in [0.717, 1.165) is 5.56 Å². The van der Waals surface area contributed by atoms with Crippen LogP contribution < -0.4 is 0 Å². The van der Waals surface area contributed by atoms with E-state index in [1.807, 2.05) is 20.8 Å². The molecule has 1 rings (SSSR count). The number of pyridine rings is 1. The van der Waals surface area contributed by atoms with Gasteiger partial charge in [-0.15, -0.1) is 0 Å². The number of rotatable bonds is 3. The van der Waals surface area contributed by atoms with Crippen molar-refractivity contribution >= 4 is 5.57 Å². The highest BCUT2D eigenvalue weighted by molar-refractivity contribution is 5.75. The first-order valence-electron chi connectivity index (χ1n) is 5.00. The van der Waals surface area contributed by atoms with Crippen LogP contribution in [0.4, 0.5) is 0 Å². The van der Waals surface area contributed by atoms with Gasteiger partial charge in [0.15, 0.2) is 0 Å². The first-order chi connectivity index (χ1) is 7.38. The lowest BCUT2D eigenvalue weighted by Crippen LogP contribution is -1.85. The Morgan fingerprint density at radius 2 is 2.07 bits per heavy atom. The summed E-state index contributed by atoms with van der Waals surface area (Å²) in [6, 6.07) is 5.61. The molecular formula is C12H16N2O. The van der Waals surface area contributed by atoms with E-state index in [1.54, 1.807) is 24.5 Å². The van der Waals surface area contributed by atoms with Crippen LogP contribution in [0.5, 0.6) is 0 Å². The van der Waals surface area contributed by atoms with E-state index in [-0.39, 0.29) is 0 Å². The van der Waals surface area contributed by atoms with E-state index in [0.29, 0.717) is 12.2 Å². The molecule has 0 saturated heterocycles. The van der Waals surface area contributed by atoms with Crippen molar-refractivity contribution < 1.29 is 4.74 Å². The fourth-order valence-electron chi connectivity index (χ4n) is 0.857. The summed E-state index contributed by atoms with van der Waals surface area (Å²) < 4.78 is 5.04. The Balaban J connectivity index is 0.000000921. The van der Waals surface area contributed by atoms with Gasteiger partial charge in [0.25, 0.3) is 0 Å². The van der Waals surface area contributed by atoms with Gasteiger partial charge in [0.1, 0.15) is 12.3 Å². The van der Waals surface area contributed by atoms with Crippen LogP contribution in [0.1, 0.15) is 26.3 Å². The fourth-order valence-corrected chi connectivity index (χ4v) is 0.857. The first kappa shape index (κ1) is 13.2. The van der Waals surface area contributed by atoms with E-state index >= 15 is 0 Å². The van der Waals surface area contributed by atoms with E-state index in [2.05, 4.69) is 11.1 Å². The number of nitrogens with zero attached hydrogens (tertiary/aromatic N) is 2. The van der Waals surface area contributed by atoms with Crippen LogP contribution in [-0.2, 0) is 4.74 Å². The maximum Gasteiger partial charge on any atom is 0.103 e. The predicted octanol–water partition coefficient (Wildman–Crippen LogP) is 3.01. The largest absolute Gasteiger partial charge is 0.500 e. The minimum absolute atomic E-state index is 0.518. The summed E-state index contributed by atoms with van der Waals surface area (Å²) in [4.78, 5) is 3.86. The van der Waals surface area contributed by atoms with Gasteiger partial charge < -0.3 is 4.74 Å². The Labute approximate surface area is 91.0 Å². The van der Waals surface area contributed by atoms with E-state index < -0.39 is 0 Å². The Hall–Kier alpha value is -1.82. The lowest BCUT2D eigenvalue weighted by molar-refractivity contribution is 0.271. The standard InChI is InChI=1S/C10H10N2O.C2H6/c1-2-13-8-10(7-11)9-3-5-12-6-4-9;1-2/h3-6,8H,2H2,1H3;1-2H3/b10-8-;. The number of nitriles is 1. The molecule has 3 nitrogen and oxygen atoms in total. The molecule has 0 spiro atoms. The van der Waals surface area contributed by atoms with Gasteiger partial charge in [-0.05, 0) is 24.6 Å². The van der Waals surface area contributed by atoms with Crippen LogP contribution >= 0.6 is 0 Å². The van der Waals surface area contributed by atoms with Gasteiger partial charge in [0.05, 0.1) is 12.2 Å². The number of aromatic nitrogens is 1. The van der Waals surface area contributed by atoms with Gasteiger partial charge in [0, 0.05) is 12.4 Å². The molecule has 1 aromatic heterocycles. The van der Waals surface area contributed by atoms with Crippen molar-refractivity contribution in [2.24, 2.45) is 0 Å².